The van der Waals surface area contributed by atoms with E-state index in [1.807, 2.05) is 91.3 Å². The molecule has 0 bridgehead atoms. The van der Waals surface area contributed by atoms with Crippen molar-refractivity contribution in [3.63, 3.8) is 0 Å². The van der Waals surface area contributed by atoms with Crippen molar-refractivity contribution in [2.45, 2.75) is 0 Å². The van der Waals surface area contributed by atoms with E-state index in [1.54, 1.807) is 12.4 Å². The first-order valence-corrected chi connectivity index (χ1v) is 14.8. The molecule has 6 aromatic rings. The van der Waals surface area contributed by atoms with Crippen molar-refractivity contribution >= 4 is 28.3 Å². The van der Waals surface area contributed by atoms with Crippen LogP contribution in [0.1, 0.15) is 11.1 Å². The van der Waals surface area contributed by atoms with Crippen molar-refractivity contribution in [1.29, 1.82) is 5.41 Å². The molecule has 1 aliphatic carbocycles. The van der Waals surface area contributed by atoms with Crippen molar-refractivity contribution in [2.24, 2.45) is 5.10 Å². The molecule has 0 unspecified atom stereocenters. The van der Waals surface area contributed by atoms with Gasteiger partial charge in [0.05, 0.1) is 11.4 Å². The second-order valence-corrected chi connectivity index (χ2v) is 10.7. The van der Waals surface area contributed by atoms with Crippen molar-refractivity contribution in [2.75, 3.05) is 5.43 Å². The lowest BCUT2D eigenvalue weighted by molar-refractivity contribution is 1.33. The van der Waals surface area contributed by atoms with Gasteiger partial charge in [0.15, 0.2) is 0 Å². The normalized spacial score (nSPS) is 13.7. The standard InChI is InChI=1S/C40H29N5/c41-39-37(32-12-4-10-30(24-32)34-14-6-22-42-26-34)20-21-38(33-13-5-11-31(25-33)35-15-7-23-43-27-35)40(39)45-44-36-18-16-29(17-19-36)28-8-2-1-3-9-28/h1-27,41,44H. The fourth-order valence-electron chi connectivity index (χ4n) is 5.47. The molecule has 45 heavy (non-hydrogen) atoms. The lowest BCUT2D eigenvalue weighted by atomic mass is 9.85. The predicted molar refractivity (Wildman–Crippen MR) is 186 cm³/mol. The van der Waals surface area contributed by atoms with Gasteiger partial charge in [0.2, 0.25) is 0 Å². The van der Waals surface area contributed by atoms with Gasteiger partial charge in [-0.05, 0) is 69.8 Å². The van der Waals surface area contributed by atoms with Crippen molar-refractivity contribution in [3.8, 4) is 33.4 Å². The molecule has 5 heteroatoms. The number of hydrazone groups is 1. The highest BCUT2D eigenvalue weighted by Gasteiger charge is 2.24. The molecule has 0 saturated heterocycles. The molecule has 0 radical (unpaired) electrons. The molecule has 2 heterocycles. The van der Waals surface area contributed by atoms with E-state index in [0.717, 1.165) is 61.3 Å². The number of nitrogens with zero attached hydrogens (tertiary/aromatic N) is 3. The van der Waals surface area contributed by atoms with Gasteiger partial charge in [-0.3, -0.25) is 20.8 Å². The average molecular weight is 580 g/mol. The largest absolute Gasteiger partial charge is 0.298 e. The van der Waals surface area contributed by atoms with E-state index < -0.39 is 0 Å². The molecule has 1 aliphatic rings. The number of rotatable bonds is 7. The Morgan fingerprint density at radius 3 is 1.58 bits per heavy atom. The monoisotopic (exact) mass is 579 g/mol. The molecular formula is C40H29N5. The van der Waals surface area contributed by atoms with E-state index in [0.29, 0.717) is 11.4 Å². The van der Waals surface area contributed by atoms with Crippen LogP contribution in [0.2, 0.25) is 0 Å². The molecule has 0 spiro atoms. The van der Waals surface area contributed by atoms with Gasteiger partial charge in [0.1, 0.15) is 5.71 Å². The Hall–Kier alpha value is -6.20. The smallest absolute Gasteiger partial charge is 0.117 e. The van der Waals surface area contributed by atoms with Crippen molar-refractivity contribution in [3.05, 3.63) is 175 Å². The van der Waals surface area contributed by atoms with Gasteiger partial charge < -0.3 is 0 Å². The van der Waals surface area contributed by atoms with Gasteiger partial charge in [-0.1, -0.05) is 103 Å². The van der Waals surface area contributed by atoms with E-state index in [2.05, 4.69) is 76.1 Å². The second kappa shape index (κ2) is 12.6. The maximum absolute atomic E-state index is 9.42. The average Bonchev–Trinajstić information content (AvgIpc) is 3.12. The molecular weight excluding hydrogens is 550 g/mol. The summed E-state index contributed by atoms with van der Waals surface area (Å²) in [6.45, 7) is 0. The van der Waals surface area contributed by atoms with Gasteiger partial charge in [0.25, 0.3) is 0 Å². The van der Waals surface area contributed by atoms with E-state index in [9.17, 15) is 5.41 Å². The molecule has 0 aliphatic heterocycles. The first-order chi connectivity index (χ1) is 22.2. The quantitative estimate of drug-likeness (QED) is 0.146. The summed E-state index contributed by atoms with van der Waals surface area (Å²) in [4.78, 5) is 8.58. The minimum Gasteiger partial charge on any atom is -0.298 e. The zero-order chi connectivity index (χ0) is 30.4. The Morgan fingerprint density at radius 2 is 0.978 bits per heavy atom. The number of allylic oxidation sites excluding steroid dienone is 4. The molecule has 2 N–H and O–H groups in total. The Labute approximate surface area is 262 Å². The number of aromatic nitrogens is 2. The number of hydrogen-bond acceptors (Lipinski definition) is 5. The first kappa shape index (κ1) is 27.6. The molecule has 4 aromatic carbocycles. The summed E-state index contributed by atoms with van der Waals surface area (Å²) in [5.74, 6) is 0. The summed E-state index contributed by atoms with van der Waals surface area (Å²) in [5.41, 5.74) is 15.0. The van der Waals surface area contributed by atoms with E-state index in [1.165, 1.54) is 0 Å². The molecule has 0 atom stereocenters. The number of benzene rings is 4. The third-order valence-electron chi connectivity index (χ3n) is 7.80. The second-order valence-electron chi connectivity index (χ2n) is 10.7. The number of pyridine rings is 2. The van der Waals surface area contributed by atoms with Crippen LogP contribution in [0.4, 0.5) is 5.69 Å². The van der Waals surface area contributed by atoms with Gasteiger partial charge >= 0.3 is 0 Å². The Balaban J connectivity index is 1.27. The van der Waals surface area contributed by atoms with Crippen LogP contribution in [0, 0.1) is 5.41 Å². The number of anilines is 1. The lowest BCUT2D eigenvalue weighted by Gasteiger charge is -2.20. The first-order valence-electron chi connectivity index (χ1n) is 14.8. The van der Waals surface area contributed by atoms with Gasteiger partial charge in [0, 0.05) is 47.1 Å². The molecule has 2 aromatic heterocycles. The van der Waals surface area contributed by atoms with Crippen LogP contribution >= 0.6 is 0 Å². The fourth-order valence-corrected chi connectivity index (χ4v) is 5.47. The summed E-state index contributed by atoms with van der Waals surface area (Å²) in [6, 6.07) is 42.9. The zero-order valence-electron chi connectivity index (χ0n) is 24.4. The topological polar surface area (TPSA) is 74.0 Å². The highest BCUT2D eigenvalue weighted by atomic mass is 15.3. The van der Waals surface area contributed by atoms with E-state index in [4.69, 9.17) is 5.10 Å². The lowest BCUT2D eigenvalue weighted by Crippen LogP contribution is -2.21. The van der Waals surface area contributed by atoms with Crippen LogP contribution in [0.15, 0.2) is 169 Å². The molecule has 5 nitrogen and oxygen atoms in total. The summed E-state index contributed by atoms with van der Waals surface area (Å²) in [6.07, 6.45) is 11.3. The van der Waals surface area contributed by atoms with E-state index in [-0.39, 0.29) is 0 Å². The Kier molecular flexibility index (Phi) is 7.72. The Bertz CT molecular complexity index is 2060. The summed E-state index contributed by atoms with van der Waals surface area (Å²) < 4.78 is 0. The molecule has 0 fully saturated rings. The minimum atomic E-state index is 0.344. The fraction of sp³-hybridized carbons (Fsp3) is 0. The van der Waals surface area contributed by atoms with Crippen LogP contribution < -0.4 is 5.43 Å². The molecule has 0 amide bonds. The van der Waals surface area contributed by atoms with Crippen molar-refractivity contribution in [1.82, 2.24) is 9.97 Å². The van der Waals surface area contributed by atoms with E-state index >= 15 is 0 Å². The van der Waals surface area contributed by atoms with Crippen LogP contribution in [-0.2, 0) is 0 Å². The SMILES string of the molecule is N=C1C(c2cccc(-c3cccnc3)c2)=CC=C(c2cccc(-c3cccnc3)c2)C1=NNc1ccc(-c2ccccc2)cc1. The van der Waals surface area contributed by atoms with Gasteiger partial charge in [-0.15, -0.1) is 0 Å². The third-order valence-corrected chi connectivity index (χ3v) is 7.80. The maximum Gasteiger partial charge on any atom is 0.117 e. The zero-order valence-corrected chi connectivity index (χ0v) is 24.4. The van der Waals surface area contributed by atoms with Crippen LogP contribution in [-0.4, -0.2) is 21.4 Å². The van der Waals surface area contributed by atoms with Crippen LogP contribution in [0.5, 0.6) is 0 Å². The van der Waals surface area contributed by atoms with Crippen LogP contribution in [0.3, 0.4) is 0 Å². The van der Waals surface area contributed by atoms with Gasteiger partial charge in [-0.25, -0.2) is 0 Å². The molecule has 0 saturated carbocycles. The minimum absolute atomic E-state index is 0.344. The molecule has 7 rings (SSSR count). The predicted octanol–water partition coefficient (Wildman–Crippen LogP) is 9.45. The Morgan fingerprint density at radius 1 is 0.467 bits per heavy atom. The highest BCUT2D eigenvalue weighted by molar-refractivity contribution is 6.69. The van der Waals surface area contributed by atoms with Crippen molar-refractivity contribution < 1.29 is 0 Å². The highest BCUT2D eigenvalue weighted by Crippen LogP contribution is 2.32. The summed E-state index contributed by atoms with van der Waals surface area (Å²) >= 11 is 0. The molecule has 214 valence electrons. The summed E-state index contributed by atoms with van der Waals surface area (Å²) in [7, 11) is 0. The summed E-state index contributed by atoms with van der Waals surface area (Å²) in [5, 5.41) is 14.3. The van der Waals surface area contributed by atoms with Gasteiger partial charge in [-0.2, -0.15) is 5.10 Å². The number of nitrogens with one attached hydrogen (secondary N) is 2. The number of hydrogen-bond donors (Lipinski definition) is 2. The third kappa shape index (κ3) is 6.01. The van der Waals surface area contributed by atoms with Crippen LogP contribution in [0.25, 0.3) is 44.5 Å². The maximum atomic E-state index is 9.42.